The molecule has 2 aromatic carbocycles. The molecule has 0 aromatic heterocycles. The second-order valence-corrected chi connectivity index (χ2v) is 10.4. The molecular formula is C14H16Cl2N2Si. The summed E-state index contributed by atoms with van der Waals surface area (Å²) in [6, 6.07) is 19.9. The maximum Gasteiger partial charge on any atom is 0.469 e. The molecule has 2 aromatic rings. The molecule has 0 N–H and O–H groups in total. The van der Waals surface area contributed by atoms with E-state index in [2.05, 4.69) is 0 Å². The van der Waals surface area contributed by atoms with E-state index in [-0.39, 0.29) is 0 Å². The van der Waals surface area contributed by atoms with E-state index in [4.69, 9.17) is 22.2 Å². The minimum atomic E-state index is -2.78. The van der Waals surface area contributed by atoms with Crippen molar-refractivity contribution < 1.29 is 0 Å². The summed E-state index contributed by atoms with van der Waals surface area (Å²) in [4.78, 5) is 0. The molecule has 0 radical (unpaired) electrons. The van der Waals surface area contributed by atoms with Crippen LogP contribution in [0.2, 0.25) is 0 Å². The van der Waals surface area contributed by atoms with Crippen LogP contribution in [0.25, 0.3) is 0 Å². The summed E-state index contributed by atoms with van der Waals surface area (Å²) in [5.41, 5.74) is 2.03. The lowest BCUT2D eigenvalue weighted by Gasteiger charge is -2.37. The predicted octanol–water partition coefficient (Wildman–Crippen LogP) is 4.17. The van der Waals surface area contributed by atoms with Gasteiger partial charge in [0.25, 0.3) is 0 Å². The maximum atomic E-state index is 6.66. The Morgan fingerprint density at radius 3 is 1.32 bits per heavy atom. The first-order valence-electron chi connectivity index (χ1n) is 5.99. The van der Waals surface area contributed by atoms with Gasteiger partial charge in [-0.3, -0.25) is 0 Å². The van der Waals surface area contributed by atoms with Gasteiger partial charge < -0.3 is 9.13 Å². The van der Waals surface area contributed by atoms with Gasteiger partial charge in [0.15, 0.2) is 0 Å². The van der Waals surface area contributed by atoms with E-state index in [1.807, 2.05) is 83.9 Å². The van der Waals surface area contributed by atoms with E-state index < -0.39 is 7.02 Å². The highest BCUT2D eigenvalue weighted by molar-refractivity contribution is 7.48. The zero-order chi connectivity index (χ0) is 13.9. The summed E-state index contributed by atoms with van der Waals surface area (Å²) in [6.45, 7) is 0. The van der Waals surface area contributed by atoms with Crippen molar-refractivity contribution >= 4 is 40.5 Å². The Kier molecular flexibility index (Phi) is 4.40. The summed E-state index contributed by atoms with van der Waals surface area (Å²) in [5, 5.41) is 0. The second-order valence-electron chi connectivity index (χ2n) is 4.30. The van der Waals surface area contributed by atoms with Gasteiger partial charge in [-0.2, -0.15) is 0 Å². The van der Waals surface area contributed by atoms with Gasteiger partial charge in [0.1, 0.15) is 0 Å². The smallest absolute Gasteiger partial charge is 0.360 e. The number of hydrogen-bond donors (Lipinski definition) is 0. The van der Waals surface area contributed by atoms with Gasteiger partial charge in [-0.1, -0.05) is 58.6 Å². The second kappa shape index (κ2) is 5.86. The molecule has 0 heterocycles. The fourth-order valence-corrected chi connectivity index (χ4v) is 4.38. The Morgan fingerprint density at radius 2 is 1.00 bits per heavy atom. The molecule has 0 aliphatic heterocycles. The molecule has 0 spiro atoms. The zero-order valence-electron chi connectivity index (χ0n) is 10.9. The average molecular weight is 311 g/mol. The molecule has 0 amide bonds. The lowest BCUT2D eigenvalue weighted by Crippen LogP contribution is -2.56. The zero-order valence-corrected chi connectivity index (χ0v) is 13.4. The number of anilines is 2. The topological polar surface area (TPSA) is 6.48 Å². The molecule has 0 atom stereocenters. The van der Waals surface area contributed by atoms with Crippen molar-refractivity contribution in [3.8, 4) is 0 Å². The molecule has 0 saturated carbocycles. The van der Waals surface area contributed by atoms with Gasteiger partial charge in [0.05, 0.1) is 0 Å². The van der Waals surface area contributed by atoms with Crippen LogP contribution in [-0.2, 0) is 0 Å². The van der Waals surface area contributed by atoms with Gasteiger partial charge in [-0.15, -0.1) is 0 Å². The molecule has 0 unspecified atom stereocenters. The average Bonchev–Trinajstić information content (AvgIpc) is 2.47. The predicted molar refractivity (Wildman–Crippen MR) is 87.2 cm³/mol. The maximum absolute atomic E-state index is 6.66. The minimum Gasteiger partial charge on any atom is -0.360 e. The van der Waals surface area contributed by atoms with Crippen molar-refractivity contribution in [2.24, 2.45) is 0 Å². The third-order valence-corrected chi connectivity index (χ3v) is 8.27. The van der Waals surface area contributed by atoms with Crippen molar-refractivity contribution in [2.75, 3.05) is 23.2 Å². The monoisotopic (exact) mass is 310 g/mol. The fourth-order valence-electron chi connectivity index (χ4n) is 1.84. The van der Waals surface area contributed by atoms with Crippen molar-refractivity contribution in [2.45, 2.75) is 0 Å². The molecule has 0 saturated heterocycles. The van der Waals surface area contributed by atoms with Crippen LogP contribution in [-0.4, -0.2) is 21.1 Å². The third kappa shape index (κ3) is 3.05. The SMILES string of the molecule is CN(c1ccccc1)[Si](Cl)(Cl)N(C)c1ccccc1. The van der Waals surface area contributed by atoms with Crippen LogP contribution >= 0.6 is 22.2 Å². The molecule has 2 nitrogen and oxygen atoms in total. The molecule has 19 heavy (non-hydrogen) atoms. The summed E-state index contributed by atoms with van der Waals surface area (Å²) in [7, 11) is 1.08. The van der Waals surface area contributed by atoms with Crippen LogP contribution in [0, 0.1) is 0 Å². The number of rotatable bonds is 4. The van der Waals surface area contributed by atoms with Crippen LogP contribution in [0.1, 0.15) is 0 Å². The quantitative estimate of drug-likeness (QED) is 0.617. The van der Waals surface area contributed by atoms with Crippen LogP contribution < -0.4 is 9.13 Å². The Morgan fingerprint density at radius 1 is 0.684 bits per heavy atom. The van der Waals surface area contributed by atoms with Gasteiger partial charge >= 0.3 is 7.02 Å². The molecule has 0 aliphatic rings. The fraction of sp³-hybridized carbons (Fsp3) is 0.143. The Hall–Kier alpha value is -1.16. The van der Waals surface area contributed by atoms with E-state index in [9.17, 15) is 0 Å². The number of hydrogen-bond acceptors (Lipinski definition) is 2. The molecule has 0 aliphatic carbocycles. The number of benzene rings is 2. The molecule has 2 rings (SSSR count). The largest absolute Gasteiger partial charge is 0.469 e. The van der Waals surface area contributed by atoms with Gasteiger partial charge in [-0.25, -0.2) is 0 Å². The van der Waals surface area contributed by atoms with E-state index in [1.165, 1.54) is 0 Å². The van der Waals surface area contributed by atoms with Gasteiger partial charge in [-0.05, 0) is 24.3 Å². The van der Waals surface area contributed by atoms with Gasteiger partial charge in [0, 0.05) is 25.5 Å². The first-order valence-corrected chi connectivity index (χ1v) is 9.91. The first kappa shape index (κ1) is 14.3. The van der Waals surface area contributed by atoms with Crippen molar-refractivity contribution in [3.05, 3.63) is 60.7 Å². The molecule has 5 heteroatoms. The van der Waals surface area contributed by atoms with E-state index >= 15 is 0 Å². The van der Waals surface area contributed by atoms with Crippen LogP contribution in [0.4, 0.5) is 11.4 Å². The molecular weight excluding hydrogens is 295 g/mol. The van der Waals surface area contributed by atoms with Crippen LogP contribution in [0.15, 0.2) is 60.7 Å². The Balaban J connectivity index is 2.27. The van der Waals surface area contributed by atoms with E-state index in [0.717, 1.165) is 11.4 Å². The van der Waals surface area contributed by atoms with Crippen molar-refractivity contribution in [3.63, 3.8) is 0 Å². The summed E-state index contributed by atoms with van der Waals surface area (Å²) >= 11 is 13.3. The van der Waals surface area contributed by atoms with Crippen LogP contribution in [0.5, 0.6) is 0 Å². The lowest BCUT2D eigenvalue weighted by atomic mass is 10.3. The van der Waals surface area contributed by atoms with Gasteiger partial charge in [0.2, 0.25) is 0 Å². The Bertz CT molecular complexity index is 472. The third-order valence-electron chi connectivity index (χ3n) is 3.09. The number of halogens is 2. The normalized spacial score (nSPS) is 11.2. The standard InChI is InChI=1S/C14H16Cl2N2Si/c1-17(13-9-5-3-6-10-13)19(15,16)18(2)14-11-7-4-8-12-14/h3-12H,1-2H3. The van der Waals surface area contributed by atoms with Crippen LogP contribution in [0.3, 0.4) is 0 Å². The van der Waals surface area contributed by atoms with Crippen molar-refractivity contribution in [1.82, 2.24) is 0 Å². The lowest BCUT2D eigenvalue weighted by molar-refractivity contribution is 1.21. The van der Waals surface area contributed by atoms with E-state index in [0.29, 0.717) is 0 Å². The summed E-state index contributed by atoms with van der Waals surface area (Å²) < 4.78 is 3.92. The number of para-hydroxylation sites is 2. The molecule has 100 valence electrons. The molecule has 0 bridgehead atoms. The van der Waals surface area contributed by atoms with Crippen molar-refractivity contribution in [1.29, 1.82) is 0 Å². The Labute approximate surface area is 124 Å². The first-order chi connectivity index (χ1) is 9.03. The number of nitrogens with zero attached hydrogens (tertiary/aromatic N) is 2. The van der Waals surface area contributed by atoms with E-state index in [1.54, 1.807) is 0 Å². The highest BCUT2D eigenvalue weighted by Crippen LogP contribution is 2.31. The highest BCUT2D eigenvalue weighted by Gasteiger charge is 2.41. The summed E-state index contributed by atoms with van der Waals surface area (Å²) in [6.07, 6.45) is 0. The highest BCUT2D eigenvalue weighted by atomic mass is 35.7. The molecule has 0 fully saturated rings. The minimum absolute atomic E-state index is 1.02. The summed E-state index contributed by atoms with van der Waals surface area (Å²) in [5.74, 6) is 0.